The van der Waals surface area contributed by atoms with Crippen molar-refractivity contribution in [2.45, 2.75) is 31.2 Å². The molecule has 0 radical (unpaired) electrons. The van der Waals surface area contributed by atoms with E-state index in [0.717, 1.165) is 36.1 Å². The number of carbonyl (C=O) groups excluding carboxylic acids is 1. The Balaban J connectivity index is 1.63. The van der Waals surface area contributed by atoms with E-state index in [1.165, 1.54) is 5.56 Å². The number of aryl methyl sites for hydroxylation is 1. The number of aromatic nitrogens is 4. The summed E-state index contributed by atoms with van der Waals surface area (Å²) in [5.74, 6) is 0.951. The van der Waals surface area contributed by atoms with Gasteiger partial charge in [0.1, 0.15) is 11.8 Å². The number of ether oxygens (including phenoxy) is 1. The van der Waals surface area contributed by atoms with Gasteiger partial charge >= 0.3 is 0 Å². The number of methoxy groups -OCH3 is 1. The lowest BCUT2D eigenvalue weighted by Crippen LogP contribution is -2.35. The Bertz CT molecular complexity index is 911. The minimum atomic E-state index is -0.451. The van der Waals surface area contributed by atoms with Crippen molar-refractivity contribution >= 4 is 5.91 Å². The average molecular weight is 363 g/mol. The molecule has 138 valence electrons. The molecule has 0 fully saturated rings. The standard InChI is InChI=1S/C20H21N5O2/c1-27-15-11-10-13-8-5-9-16(17(13)12-15)20(26)21-18(19-22-24-25-23-19)14-6-3-2-4-7-14/h2-4,6-7,10-12,16,18H,5,8-9H2,1H3,(H,21,26)(H,22,23,24,25). The van der Waals surface area contributed by atoms with Gasteiger partial charge in [-0.1, -0.05) is 41.6 Å². The van der Waals surface area contributed by atoms with Crippen LogP contribution in [0.15, 0.2) is 48.5 Å². The highest BCUT2D eigenvalue weighted by Gasteiger charge is 2.30. The second-order valence-electron chi connectivity index (χ2n) is 6.63. The molecule has 1 heterocycles. The molecule has 1 aromatic heterocycles. The van der Waals surface area contributed by atoms with Gasteiger partial charge in [-0.25, -0.2) is 0 Å². The number of carbonyl (C=O) groups is 1. The Morgan fingerprint density at radius 3 is 2.85 bits per heavy atom. The molecule has 1 aliphatic carbocycles. The first-order chi connectivity index (χ1) is 13.3. The number of rotatable bonds is 5. The molecular formula is C20H21N5O2. The molecule has 0 saturated heterocycles. The van der Waals surface area contributed by atoms with E-state index in [0.29, 0.717) is 5.82 Å². The molecule has 0 bridgehead atoms. The summed E-state index contributed by atoms with van der Waals surface area (Å²) in [5, 5.41) is 17.4. The summed E-state index contributed by atoms with van der Waals surface area (Å²) in [4.78, 5) is 13.2. The number of hydrogen-bond acceptors (Lipinski definition) is 5. The number of amides is 1. The second-order valence-corrected chi connectivity index (χ2v) is 6.63. The highest BCUT2D eigenvalue weighted by Crippen LogP contribution is 2.35. The van der Waals surface area contributed by atoms with Gasteiger partial charge in [0.25, 0.3) is 0 Å². The minimum absolute atomic E-state index is 0.0390. The molecule has 0 saturated carbocycles. The smallest absolute Gasteiger partial charge is 0.228 e. The van der Waals surface area contributed by atoms with Crippen LogP contribution in [0.25, 0.3) is 0 Å². The van der Waals surface area contributed by atoms with Crippen LogP contribution in [-0.2, 0) is 11.2 Å². The quantitative estimate of drug-likeness (QED) is 0.727. The van der Waals surface area contributed by atoms with E-state index in [4.69, 9.17) is 4.74 Å². The molecule has 7 nitrogen and oxygen atoms in total. The minimum Gasteiger partial charge on any atom is -0.497 e. The first-order valence-corrected chi connectivity index (χ1v) is 9.01. The van der Waals surface area contributed by atoms with Gasteiger partial charge in [-0.3, -0.25) is 4.79 Å². The van der Waals surface area contributed by atoms with Crippen molar-refractivity contribution in [2.24, 2.45) is 0 Å². The molecule has 3 aromatic rings. The van der Waals surface area contributed by atoms with Crippen LogP contribution in [0.5, 0.6) is 5.75 Å². The van der Waals surface area contributed by atoms with Gasteiger partial charge in [0.05, 0.1) is 13.0 Å². The molecular weight excluding hydrogens is 342 g/mol. The fraction of sp³-hybridized carbons (Fsp3) is 0.300. The Labute approximate surface area is 157 Å². The molecule has 0 aliphatic heterocycles. The summed E-state index contributed by atoms with van der Waals surface area (Å²) in [6.07, 6.45) is 2.77. The van der Waals surface area contributed by atoms with Crippen molar-refractivity contribution in [3.05, 3.63) is 71.0 Å². The maximum Gasteiger partial charge on any atom is 0.228 e. The Hall–Kier alpha value is -3.22. The lowest BCUT2D eigenvalue weighted by Gasteiger charge is -2.27. The number of tetrazole rings is 1. The van der Waals surface area contributed by atoms with Crippen LogP contribution in [0.3, 0.4) is 0 Å². The zero-order chi connectivity index (χ0) is 18.6. The number of hydrogen-bond donors (Lipinski definition) is 2. The number of aromatic amines is 1. The van der Waals surface area contributed by atoms with Crippen LogP contribution < -0.4 is 10.1 Å². The zero-order valence-corrected chi connectivity index (χ0v) is 15.1. The largest absolute Gasteiger partial charge is 0.497 e. The Morgan fingerprint density at radius 1 is 1.26 bits per heavy atom. The van der Waals surface area contributed by atoms with Crippen molar-refractivity contribution in [1.29, 1.82) is 0 Å². The first-order valence-electron chi connectivity index (χ1n) is 9.01. The maximum absolute atomic E-state index is 13.2. The number of nitrogens with one attached hydrogen (secondary N) is 2. The monoisotopic (exact) mass is 363 g/mol. The molecule has 2 unspecified atom stereocenters. The third-order valence-corrected chi connectivity index (χ3v) is 5.02. The van der Waals surface area contributed by atoms with Gasteiger partial charge < -0.3 is 10.1 Å². The van der Waals surface area contributed by atoms with E-state index < -0.39 is 6.04 Å². The number of H-pyrrole nitrogens is 1. The van der Waals surface area contributed by atoms with Crippen LogP contribution in [0, 0.1) is 0 Å². The highest BCUT2D eigenvalue weighted by molar-refractivity contribution is 5.85. The number of fused-ring (bicyclic) bond motifs is 1. The fourth-order valence-electron chi connectivity index (χ4n) is 3.65. The van der Waals surface area contributed by atoms with Gasteiger partial charge in [0.2, 0.25) is 11.7 Å². The topological polar surface area (TPSA) is 92.8 Å². The predicted octanol–water partition coefficient (Wildman–Crippen LogP) is 2.53. The van der Waals surface area contributed by atoms with Gasteiger partial charge in [0, 0.05) is 0 Å². The lowest BCUT2D eigenvalue weighted by atomic mass is 9.82. The van der Waals surface area contributed by atoms with Crippen molar-refractivity contribution in [1.82, 2.24) is 25.9 Å². The second kappa shape index (κ2) is 7.57. The van der Waals surface area contributed by atoms with Crippen LogP contribution >= 0.6 is 0 Å². The lowest BCUT2D eigenvalue weighted by molar-refractivity contribution is -0.123. The summed E-state index contributed by atoms with van der Waals surface area (Å²) < 4.78 is 5.35. The fourth-order valence-corrected chi connectivity index (χ4v) is 3.65. The average Bonchev–Trinajstić information content (AvgIpc) is 3.26. The van der Waals surface area contributed by atoms with E-state index in [-0.39, 0.29) is 11.8 Å². The van der Waals surface area contributed by atoms with Crippen LogP contribution in [0.4, 0.5) is 0 Å². The molecule has 27 heavy (non-hydrogen) atoms. The van der Waals surface area contributed by atoms with Gasteiger partial charge in [-0.05, 0) is 48.1 Å². The van der Waals surface area contributed by atoms with Crippen molar-refractivity contribution in [3.8, 4) is 5.75 Å². The van der Waals surface area contributed by atoms with Gasteiger partial charge in [-0.15, -0.1) is 10.2 Å². The normalized spacial score (nSPS) is 17.0. The summed E-state index contributed by atoms with van der Waals surface area (Å²) >= 11 is 0. The predicted molar refractivity (Wildman–Crippen MR) is 99.3 cm³/mol. The van der Waals surface area contributed by atoms with Crippen molar-refractivity contribution in [3.63, 3.8) is 0 Å². The Kier molecular flexibility index (Phi) is 4.82. The van der Waals surface area contributed by atoms with E-state index in [1.807, 2.05) is 42.5 Å². The first kappa shape index (κ1) is 17.2. The molecule has 2 atom stereocenters. The molecule has 4 rings (SSSR count). The third kappa shape index (κ3) is 3.53. The molecule has 2 N–H and O–H groups in total. The van der Waals surface area contributed by atoms with Gasteiger partial charge in [-0.2, -0.15) is 5.21 Å². The van der Waals surface area contributed by atoms with Crippen LogP contribution in [-0.4, -0.2) is 33.6 Å². The van der Waals surface area contributed by atoms with Crippen LogP contribution in [0.1, 0.15) is 47.3 Å². The maximum atomic E-state index is 13.2. The van der Waals surface area contributed by atoms with E-state index >= 15 is 0 Å². The summed E-state index contributed by atoms with van der Waals surface area (Å²) in [6, 6.07) is 15.2. The molecule has 1 amide bonds. The summed E-state index contributed by atoms with van der Waals surface area (Å²) in [7, 11) is 1.64. The molecule has 7 heteroatoms. The highest BCUT2D eigenvalue weighted by atomic mass is 16.5. The third-order valence-electron chi connectivity index (χ3n) is 5.02. The number of nitrogens with zero attached hydrogens (tertiary/aromatic N) is 3. The Morgan fingerprint density at radius 2 is 2.11 bits per heavy atom. The molecule has 2 aromatic carbocycles. The SMILES string of the molecule is COc1ccc2c(c1)C(C(=O)NC(c1ccccc1)c1nn[nH]n1)CCC2. The van der Waals surface area contributed by atoms with Gasteiger partial charge in [0.15, 0.2) is 0 Å². The van der Waals surface area contributed by atoms with Crippen molar-refractivity contribution in [2.75, 3.05) is 7.11 Å². The van der Waals surface area contributed by atoms with E-state index in [2.05, 4.69) is 32.0 Å². The van der Waals surface area contributed by atoms with Crippen molar-refractivity contribution < 1.29 is 9.53 Å². The van der Waals surface area contributed by atoms with E-state index in [9.17, 15) is 4.79 Å². The number of benzene rings is 2. The molecule has 0 spiro atoms. The van der Waals surface area contributed by atoms with E-state index in [1.54, 1.807) is 7.11 Å². The molecule has 1 aliphatic rings. The zero-order valence-electron chi connectivity index (χ0n) is 15.1. The summed E-state index contributed by atoms with van der Waals surface area (Å²) in [6.45, 7) is 0. The summed E-state index contributed by atoms with van der Waals surface area (Å²) in [5.41, 5.74) is 3.16. The van der Waals surface area contributed by atoms with Crippen LogP contribution in [0.2, 0.25) is 0 Å².